The maximum absolute atomic E-state index is 12.4. The number of carbonyl (C=O) groups excluding carboxylic acids is 2. The van der Waals surface area contributed by atoms with Crippen molar-refractivity contribution in [3.8, 4) is 5.75 Å². The molecule has 0 bridgehead atoms. The molecule has 0 unspecified atom stereocenters. The number of nitrogens with one attached hydrogen (secondary N) is 2. The van der Waals surface area contributed by atoms with Gasteiger partial charge in [-0.1, -0.05) is 12.1 Å². The van der Waals surface area contributed by atoms with Crippen LogP contribution in [0.2, 0.25) is 0 Å². The number of ether oxygens (including phenoxy) is 2. The number of carbonyl (C=O) groups is 2. The van der Waals surface area contributed by atoms with E-state index >= 15 is 0 Å². The molecule has 2 aromatic carbocycles. The van der Waals surface area contributed by atoms with E-state index in [1.165, 1.54) is 0 Å². The van der Waals surface area contributed by atoms with Gasteiger partial charge in [-0.15, -0.1) is 0 Å². The molecule has 8 heteroatoms. The van der Waals surface area contributed by atoms with Crippen molar-refractivity contribution in [1.82, 2.24) is 10.2 Å². The molecule has 2 rings (SSSR count). The number of rotatable bonds is 9. The van der Waals surface area contributed by atoms with E-state index in [1.54, 1.807) is 50.4 Å². The third-order valence-corrected chi connectivity index (χ3v) is 4.42. The Bertz CT molecular complexity index is 869. The van der Waals surface area contributed by atoms with Crippen molar-refractivity contribution in [3.63, 3.8) is 0 Å². The van der Waals surface area contributed by atoms with E-state index in [9.17, 15) is 9.59 Å². The van der Waals surface area contributed by atoms with E-state index < -0.39 is 0 Å². The lowest BCUT2D eigenvalue weighted by Crippen LogP contribution is -2.34. The number of nitrogens with zero attached hydrogens (tertiary/aromatic N) is 1. The van der Waals surface area contributed by atoms with E-state index in [0.29, 0.717) is 37.4 Å². The van der Waals surface area contributed by atoms with Crippen LogP contribution in [0.3, 0.4) is 0 Å². The van der Waals surface area contributed by atoms with Gasteiger partial charge in [-0.2, -0.15) is 0 Å². The molecule has 0 aromatic heterocycles. The summed E-state index contributed by atoms with van der Waals surface area (Å²) in [6, 6.07) is 14.4. The van der Waals surface area contributed by atoms with E-state index in [1.807, 2.05) is 24.3 Å². The van der Waals surface area contributed by atoms with Crippen LogP contribution in [-0.4, -0.2) is 56.2 Å². The number of hydrogen-bond acceptors (Lipinski definition) is 5. The predicted octanol–water partition coefficient (Wildman–Crippen LogP) is 2.86. The minimum absolute atomic E-state index is 0.0752. The Morgan fingerprint density at radius 2 is 1.80 bits per heavy atom. The van der Waals surface area contributed by atoms with Crippen molar-refractivity contribution in [2.24, 2.45) is 0 Å². The molecule has 0 heterocycles. The first-order chi connectivity index (χ1) is 14.4. The lowest BCUT2D eigenvalue weighted by molar-refractivity contribution is -0.128. The summed E-state index contributed by atoms with van der Waals surface area (Å²) in [5.41, 5.74) is 2.22. The first-order valence-electron chi connectivity index (χ1n) is 9.52. The molecule has 30 heavy (non-hydrogen) atoms. The van der Waals surface area contributed by atoms with Crippen molar-refractivity contribution < 1.29 is 19.1 Å². The van der Waals surface area contributed by atoms with Crippen molar-refractivity contribution in [3.05, 3.63) is 59.7 Å². The molecule has 2 amide bonds. The second-order valence-corrected chi connectivity index (χ2v) is 7.17. The van der Waals surface area contributed by atoms with Crippen LogP contribution in [-0.2, 0) is 16.0 Å². The quantitative estimate of drug-likeness (QED) is 0.471. The number of hydrogen-bond donors (Lipinski definition) is 2. The summed E-state index contributed by atoms with van der Waals surface area (Å²) in [7, 11) is 5.09. The van der Waals surface area contributed by atoms with Gasteiger partial charge in [-0.3, -0.25) is 14.9 Å². The fraction of sp³-hybridized carbons (Fsp3) is 0.318. The molecule has 7 nitrogen and oxygen atoms in total. The molecular weight excluding hydrogens is 402 g/mol. The highest BCUT2D eigenvalue weighted by molar-refractivity contribution is 7.80. The van der Waals surface area contributed by atoms with Crippen molar-refractivity contribution >= 4 is 34.8 Å². The van der Waals surface area contributed by atoms with Crippen LogP contribution in [0.25, 0.3) is 0 Å². The Morgan fingerprint density at radius 1 is 1.07 bits per heavy atom. The van der Waals surface area contributed by atoms with Crippen LogP contribution in [0.5, 0.6) is 5.75 Å². The third kappa shape index (κ3) is 7.81. The molecule has 0 radical (unpaired) electrons. The molecule has 0 fully saturated rings. The Labute approximate surface area is 182 Å². The van der Waals surface area contributed by atoms with Crippen LogP contribution in [0.15, 0.2) is 48.5 Å². The number of aryl methyl sites for hydroxylation is 1. The van der Waals surface area contributed by atoms with Gasteiger partial charge in [0, 0.05) is 38.9 Å². The maximum Gasteiger partial charge on any atom is 0.257 e. The molecule has 0 saturated heterocycles. The molecule has 2 aromatic rings. The zero-order chi connectivity index (χ0) is 21.9. The molecule has 0 aliphatic rings. The van der Waals surface area contributed by atoms with Gasteiger partial charge in [0.2, 0.25) is 5.91 Å². The standard InChI is InChI=1S/C22H27N3O4S/c1-25(2)20(26)12-7-16-5-4-6-18(15-16)23-22(30)24-21(27)17-8-10-19(11-9-17)29-14-13-28-3/h4-6,8-11,15H,7,12-14H2,1-3H3,(H2,23,24,27,30). The lowest BCUT2D eigenvalue weighted by atomic mass is 10.1. The molecule has 0 aliphatic heterocycles. The van der Waals surface area contributed by atoms with Gasteiger partial charge in [0.15, 0.2) is 5.11 Å². The fourth-order valence-corrected chi connectivity index (χ4v) is 2.77. The SMILES string of the molecule is COCCOc1ccc(C(=O)NC(=S)Nc2cccc(CCC(=O)N(C)C)c2)cc1. The number of thiocarbonyl (C=S) groups is 1. The van der Waals surface area contributed by atoms with Crippen LogP contribution in [0, 0.1) is 0 Å². The highest BCUT2D eigenvalue weighted by Crippen LogP contribution is 2.14. The van der Waals surface area contributed by atoms with E-state index in [0.717, 1.165) is 11.3 Å². The van der Waals surface area contributed by atoms with E-state index in [4.69, 9.17) is 21.7 Å². The molecule has 0 aliphatic carbocycles. The molecular formula is C22H27N3O4S. The number of amides is 2. The normalized spacial score (nSPS) is 10.2. The van der Waals surface area contributed by atoms with E-state index in [2.05, 4.69) is 10.6 Å². The van der Waals surface area contributed by atoms with Crippen LogP contribution < -0.4 is 15.4 Å². The number of benzene rings is 2. The van der Waals surface area contributed by atoms with Crippen molar-refractivity contribution in [2.45, 2.75) is 12.8 Å². The largest absolute Gasteiger partial charge is 0.491 e. The molecule has 160 valence electrons. The fourth-order valence-electron chi connectivity index (χ4n) is 2.56. The Balaban J connectivity index is 1.87. The predicted molar refractivity (Wildman–Crippen MR) is 121 cm³/mol. The average molecular weight is 430 g/mol. The zero-order valence-electron chi connectivity index (χ0n) is 17.4. The topological polar surface area (TPSA) is 79.9 Å². The highest BCUT2D eigenvalue weighted by atomic mass is 32.1. The van der Waals surface area contributed by atoms with E-state index in [-0.39, 0.29) is 16.9 Å². The molecule has 2 N–H and O–H groups in total. The summed E-state index contributed by atoms with van der Waals surface area (Å²) < 4.78 is 10.4. The Hall–Kier alpha value is -2.97. The number of anilines is 1. The third-order valence-electron chi connectivity index (χ3n) is 4.21. The second kappa shape index (κ2) is 11.9. The van der Waals surface area contributed by atoms with Crippen LogP contribution in [0.1, 0.15) is 22.3 Å². The lowest BCUT2D eigenvalue weighted by Gasteiger charge is -2.12. The second-order valence-electron chi connectivity index (χ2n) is 6.76. The van der Waals surface area contributed by atoms with Gasteiger partial charge >= 0.3 is 0 Å². The molecule has 0 saturated carbocycles. The summed E-state index contributed by atoms with van der Waals surface area (Å²) >= 11 is 5.25. The van der Waals surface area contributed by atoms with Crippen molar-refractivity contribution in [2.75, 3.05) is 39.7 Å². The van der Waals surface area contributed by atoms with Gasteiger partial charge in [0.25, 0.3) is 5.91 Å². The Morgan fingerprint density at radius 3 is 2.47 bits per heavy atom. The first kappa shape index (κ1) is 23.3. The van der Waals surface area contributed by atoms with Gasteiger partial charge < -0.3 is 19.7 Å². The van der Waals surface area contributed by atoms with Gasteiger partial charge in [0.1, 0.15) is 12.4 Å². The molecule has 0 spiro atoms. The minimum atomic E-state index is -0.316. The first-order valence-corrected chi connectivity index (χ1v) is 9.93. The summed E-state index contributed by atoms with van der Waals surface area (Å²) in [6.45, 7) is 0.938. The Kier molecular flexibility index (Phi) is 9.24. The van der Waals surface area contributed by atoms with Gasteiger partial charge in [0.05, 0.1) is 6.61 Å². The highest BCUT2D eigenvalue weighted by Gasteiger charge is 2.09. The summed E-state index contributed by atoms with van der Waals surface area (Å²) in [4.78, 5) is 25.7. The van der Waals surface area contributed by atoms with Crippen LogP contribution in [0.4, 0.5) is 5.69 Å². The number of methoxy groups -OCH3 is 1. The monoisotopic (exact) mass is 429 g/mol. The maximum atomic E-state index is 12.4. The average Bonchev–Trinajstić information content (AvgIpc) is 2.72. The summed E-state index contributed by atoms with van der Waals surface area (Å²) in [5, 5.41) is 5.86. The summed E-state index contributed by atoms with van der Waals surface area (Å²) in [6.07, 6.45) is 1.06. The minimum Gasteiger partial charge on any atom is -0.491 e. The summed E-state index contributed by atoms with van der Waals surface area (Å²) in [5.74, 6) is 0.420. The van der Waals surface area contributed by atoms with Crippen molar-refractivity contribution in [1.29, 1.82) is 0 Å². The van der Waals surface area contributed by atoms with Gasteiger partial charge in [-0.05, 0) is 60.6 Å². The van der Waals surface area contributed by atoms with Gasteiger partial charge in [-0.25, -0.2) is 0 Å². The molecule has 0 atom stereocenters. The smallest absolute Gasteiger partial charge is 0.257 e. The van der Waals surface area contributed by atoms with Crippen LogP contribution >= 0.6 is 12.2 Å². The zero-order valence-corrected chi connectivity index (χ0v) is 18.3.